The normalized spacial score (nSPS) is 33.2. The first kappa shape index (κ1) is 14.4. The number of nitrogens with zero attached hydrogens (tertiary/aromatic N) is 1. The van der Waals surface area contributed by atoms with Crippen LogP contribution in [-0.2, 0) is 9.59 Å². The minimum absolute atomic E-state index is 0.0177. The van der Waals surface area contributed by atoms with Gasteiger partial charge in [0.1, 0.15) is 6.04 Å². The van der Waals surface area contributed by atoms with Gasteiger partial charge in [0.2, 0.25) is 5.91 Å². The highest BCUT2D eigenvalue weighted by Crippen LogP contribution is 2.64. The van der Waals surface area contributed by atoms with Crippen LogP contribution in [0.5, 0.6) is 0 Å². The zero-order valence-corrected chi connectivity index (χ0v) is 12.5. The molecule has 1 saturated heterocycles. The van der Waals surface area contributed by atoms with Gasteiger partial charge in [-0.3, -0.25) is 4.79 Å². The predicted octanol–water partition coefficient (Wildman–Crippen LogP) is 2.24. The van der Waals surface area contributed by atoms with Crippen LogP contribution in [0.3, 0.4) is 0 Å². The molecule has 0 aromatic heterocycles. The minimum atomic E-state index is -0.844. The Balaban J connectivity index is 2.09. The standard InChI is InChI=1S/C15H25NO3/c1-8(2)6-9(3)13(17)16-7-10-11(15(10,4)5)12(16)14(18)19/h8-12H,6-7H2,1-5H3,(H,18,19)/t9-,10-,11-,12-/m0/s1. The van der Waals surface area contributed by atoms with Crippen molar-refractivity contribution in [2.24, 2.45) is 29.1 Å². The van der Waals surface area contributed by atoms with E-state index in [1.165, 1.54) is 0 Å². The average molecular weight is 267 g/mol. The van der Waals surface area contributed by atoms with Crippen molar-refractivity contribution in [1.82, 2.24) is 4.90 Å². The molecule has 0 aromatic carbocycles. The summed E-state index contributed by atoms with van der Waals surface area (Å²) in [6, 6.07) is -0.609. The molecule has 2 aliphatic rings. The number of carboxylic acids is 1. The molecule has 1 aliphatic carbocycles. The topological polar surface area (TPSA) is 57.6 Å². The third-order valence-electron chi connectivity index (χ3n) is 4.99. The lowest BCUT2D eigenvalue weighted by atomic mass is 9.95. The molecule has 1 N–H and O–H groups in total. The van der Waals surface area contributed by atoms with Crippen molar-refractivity contribution in [3.8, 4) is 0 Å². The van der Waals surface area contributed by atoms with E-state index in [2.05, 4.69) is 27.7 Å². The number of aliphatic carboxylic acids is 1. The summed E-state index contributed by atoms with van der Waals surface area (Å²) >= 11 is 0. The van der Waals surface area contributed by atoms with Crippen LogP contribution in [0, 0.1) is 29.1 Å². The van der Waals surface area contributed by atoms with Gasteiger partial charge in [-0.15, -0.1) is 0 Å². The largest absolute Gasteiger partial charge is 0.480 e. The average Bonchev–Trinajstić information content (AvgIpc) is 2.68. The lowest BCUT2D eigenvalue weighted by molar-refractivity contribution is -0.152. The second-order valence-electron chi connectivity index (χ2n) is 7.26. The van der Waals surface area contributed by atoms with Crippen LogP contribution in [0.1, 0.15) is 41.0 Å². The first-order valence-corrected chi connectivity index (χ1v) is 7.21. The van der Waals surface area contributed by atoms with Crippen molar-refractivity contribution < 1.29 is 14.7 Å². The van der Waals surface area contributed by atoms with Gasteiger partial charge in [0, 0.05) is 18.4 Å². The number of piperidine rings is 1. The molecule has 1 heterocycles. The Hall–Kier alpha value is -1.06. The van der Waals surface area contributed by atoms with E-state index in [0.29, 0.717) is 18.4 Å². The lowest BCUT2D eigenvalue weighted by Crippen LogP contribution is -2.47. The number of rotatable bonds is 4. The molecule has 2 rings (SSSR count). The number of hydrogen-bond donors (Lipinski definition) is 1. The van der Waals surface area contributed by atoms with Crippen molar-refractivity contribution >= 4 is 11.9 Å². The highest BCUT2D eigenvalue weighted by Gasteiger charge is 2.69. The third-order valence-corrected chi connectivity index (χ3v) is 4.99. The molecule has 0 spiro atoms. The van der Waals surface area contributed by atoms with Crippen molar-refractivity contribution in [3.63, 3.8) is 0 Å². The summed E-state index contributed by atoms with van der Waals surface area (Å²) in [6.45, 7) is 10.9. The smallest absolute Gasteiger partial charge is 0.326 e. The SMILES string of the molecule is CC(C)C[C@H](C)C(=O)N1C[C@H]2[C@@H]([C@H]1C(=O)O)C2(C)C. The summed E-state index contributed by atoms with van der Waals surface area (Å²) in [4.78, 5) is 25.5. The lowest BCUT2D eigenvalue weighted by Gasteiger charge is -2.30. The maximum Gasteiger partial charge on any atom is 0.326 e. The fourth-order valence-electron chi connectivity index (χ4n) is 3.89. The zero-order chi connectivity index (χ0) is 14.5. The van der Waals surface area contributed by atoms with E-state index in [1.807, 2.05) is 6.92 Å². The molecule has 2 fully saturated rings. The summed E-state index contributed by atoms with van der Waals surface area (Å²) in [7, 11) is 0. The molecule has 0 unspecified atom stereocenters. The second-order valence-corrected chi connectivity index (χ2v) is 7.26. The Morgan fingerprint density at radius 1 is 1.32 bits per heavy atom. The molecule has 4 heteroatoms. The van der Waals surface area contributed by atoms with Crippen LogP contribution < -0.4 is 0 Å². The summed E-state index contributed by atoms with van der Waals surface area (Å²) in [5.74, 6) is 0.0505. The van der Waals surface area contributed by atoms with Gasteiger partial charge in [0.15, 0.2) is 0 Å². The first-order chi connectivity index (χ1) is 8.67. The van der Waals surface area contributed by atoms with E-state index < -0.39 is 12.0 Å². The molecule has 1 aliphatic heterocycles. The molecule has 4 nitrogen and oxygen atoms in total. The Kier molecular flexibility index (Phi) is 3.40. The van der Waals surface area contributed by atoms with Gasteiger partial charge >= 0.3 is 5.97 Å². The number of carbonyl (C=O) groups excluding carboxylic acids is 1. The van der Waals surface area contributed by atoms with E-state index in [-0.39, 0.29) is 23.2 Å². The number of fused-ring (bicyclic) bond motifs is 1. The fourth-order valence-corrected chi connectivity index (χ4v) is 3.89. The van der Waals surface area contributed by atoms with Gasteiger partial charge in [-0.2, -0.15) is 0 Å². The highest BCUT2D eigenvalue weighted by molar-refractivity contribution is 5.86. The maximum atomic E-state index is 12.4. The summed E-state index contributed by atoms with van der Waals surface area (Å²) < 4.78 is 0. The molecule has 4 atom stereocenters. The molecule has 1 amide bonds. The minimum Gasteiger partial charge on any atom is -0.480 e. The van der Waals surface area contributed by atoms with Crippen LogP contribution in [0.25, 0.3) is 0 Å². The van der Waals surface area contributed by atoms with Crippen LogP contribution in [-0.4, -0.2) is 34.5 Å². The number of carboxylic acid groups (broad SMARTS) is 1. The van der Waals surface area contributed by atoms with Crippen molar-refractivity contribution in [2.45, 2.75) is 47.1 Å². The molecular weight excluding hydrogens is 242 g/mol. The Morgan fingerprint density at radius 3 is 2.37 bits per heavy atom. The Bertz CT molecular complexity index is 402. The van der Waals surface area contributed by atoms with Gasteiger partial charge in [-0.1, -0.05) is 34.6 Å². The van der Waals surface area contributed by atoms with E-state index in [9.17, 15) is 14.7 Å². The Labute approximate surface area is 115 Å². The highest BCUT2D eigenvalue weighted by atomic mass is 16.4. The fraction of sp³-hybridized carbons (Fsp3) is 0.867. The molecule has 108 valence electrons. The maximum absolute atomic E-state index is 12.4. The van der Waals surface area contributed by atoms with Crippen LogP contribution in [0.15, 0.2) is 0 Å². The third kappa shape index (κ3) is 2.26. The number of likely N-dealkylation sites (tertiary alicyclic amines) is 1. The van der Waals surface area contributed by atoms with Crippen LogP contribution >= 0.6 is 0 Å². The van der Waals surface area contributed by atoms with Crippen molar-refractivity contribution in [2.75, 3.05) is 6.54 Å². The first-order valence-electron chi connectivity index (χ1n) is 7.21. The van der Waals surface area contributed by atoms with E-state index in [1.54, 1.807) is 4.90 Å². The molecule has 0 bridgehead atoms. The van der Waals surface area contributed by atoms with Crippen molar-refractivity contribution in [1.29, 1.82) is 0 Å². The van der Waals surface area contributed by atoms with Gasteiger partial charge in [-0.25, -0.2) is 4.79 Å². The molecule has 0 aromatic rings. The number of carbonyl (C=O) groups is 2. The molecule has 19 heavy (non-hydrogen) atoms. The number of hydrogen-bond acceptors (Lipinski definition) is 2. The van der Waals surface area contributed by atoms with Crippen molar-refractivity contribution in [3.05, 3.63) is 0 Å². The van der Waals surface area contributed by atoms with Crippen LogP contribution in [0.2, 0.25) is 0 Å². The summed E-state index contributed by atoms with van der Waals surface area (Å²) in [6.07, 6.45) is 0.820. The zero-order valence-electron chi connectivity index (χ0n) is 12.5. The van der Waals surface area contributed by atoms with Crippen LogP contribution in [0.4, 0.5) is 0 Å². The quantitative estimate of drug-likeness (QED) is 0.850. The van der Waals surface area contributed by atoms with Gasteiger partial charge in [0.25, 0.3) is 0 Å². The molecular formula is C15H25NO3. The summed E-state index contributed by atoms with van der Waals surface area (Å²) in [5.41, 5.74) is 0.0844. The second kappa shape index (κ2) is 4.50. The van der Waals surface area contributed by atoms with Gasteiger partial charge < -0.3 is 10.0 Å². The van der Waals surface area contributed by atoms with Gasteiger partial charge in [0.05, 0.1) is 0 Å². The van der Waals surface area contributed by atoms with E-state index in [0.717, 1.165) is 6.42 Å². The number of amides is 1. The molecule has 1 saturated carbocycles. The predicted molar refractivity (Wildman–Crippen MR) is 72.5 cm³/mol. The van der Waals surface area contributed by atoms with Gasteiger partial charge in [-0.05, 0) is 23.7 Å². The molecule has 0 radical (unpaired) electrons. The van der Waals surface area contributed by atoms with E-state index in [4.69, 9.17) is 0 Å². The monoisotopic (exact) mass is 267 g/mol. The van der Waals surface area contributed by atoms with E-state index >= 15 is 0 Å². The summed E-state index contributed by atoms with van der Waals surface area (Å²) in [5, 5.41) is 9.43. The Morgan fingerprint density at radius 2 is 1.89 bits per heavy atom.